The molecule has 0 unspecified atom stereocenters. The van der Waals surface area contributed by atoms with Crippen LogP contribution in [0.4, 0.5) is 5.69 Å². The van der Waals surface area contributed by atoms with E-state index in [0.29, 0.717) is 12.1 Å². The molecule has 1 heterocycles. The molecule has 0 aromatic heterocycles. The zero-order valence-electron chi connectivity index (χ0n) is 15.0. The molecule has 0 saturated carbocycles. The minimum absolute atomic E-state index is 0.0178. The van der Waals surface area contributed by atoms with Crippen molar-refractivity contribution in [3.8, 4) is 0 Å². The second kappa shape index (κ2) is 7.66. The number of hydrogen-bond donors (Lipinski definition) is 1. The van der Waals surface area contributed by atoms with Crippen LogP contribution in [0.1, 0.15) is 53.4 Å². The van der Waals surface area contributed by atoms with E-state index in [1.54, 1.807) is 28.6 Å². The van der Waals surface area contributed by atoms with Crippen molar-refractivity contribution in [2.75, 3.05) is 5.32 Å². The molecule has 0 aliphatic carbocycles. The lowest BCUT2D eigenvalue weighted by Crippen LogP contribution is -2.47. The van der Waals surface area contributed by atoms with Crippen LogP contribution in [0.5, 0.6) is 0 Å². The summed E-state index contributed by atoms with van der Waals surface area (Å²) < 4.78 is 27.5. The molecule has 1 aromatic rings. The largest absolute Gasteiger partial charge is 0.326 e. The summed E-state index contributed by atoms with van der Waals surface area (Å²) in [6.45, 7) is 7.90. The average Bonchev–Trinajstić information content (AvgIpc) is 2.46. The third-order valence-electron chi connectivity index (χ3n) is 4.42. The minimum atomic E-state index is -3.50. The number of carbonyl (C=O) groups excluding carboxylic acids is 1. The number of nitrogens with one attached hydrogen (secondary N) is 1. The van der Waals surface area contributed by atoms with E-state index >= 15 is 0 Å². The van der Waals surface area contributed by atoms with Gasteiger partial charge in [0.15, 0.2) is 0 Å². The summed E-state index contributed by atoms with van der Waals surface area (Å²) in [4.78, 5) is 12.1. The van der Waals surface area contributed by atoms with Gasteiger partial charge in [-0.2, -0.15) is 4.31 Å². The Morgan fingerprint density at radius 1 is 1.17 bits per heavy atom. The highest BCUT2D eigenvalue weighted by Gasteiger charge is 2.35. The molecule has 2 rings (SSSR count). The molecule has 1 N–H and O–H groups in total. The molecule has 1 aliphatic rings. The second-order valence-electron chi connectivity index (χ2n) is 7.13. The third kappa shape index (κ3) is 4.36. The van der Waals surface area contributed by atoms with Gasteiger partial charge in [-0.05, 0) is 56.9 Å². The number of piperidine rings is 1. The van der Waals surface area contributed by atoms with Crippen LogP contribution in [0, 0.1) is 5.92 Å². The summed E-state index contributed by atoms with van der Waals surface area (Å²) in [7, 11) is -3.50. The lowest BCUT2D eigenvalue weighted by Gasteiger charge is -2.37. The number of sulfonamides is 1. The maximum absolute atomic E-state index is 12.9. The molecule has 1 aliphatic heterocycles. The lowest BCUT2D eigenvalue weighted by atomic mass is 10.0. The van der Waals surface area contributed by atoms with E-state index in [4.69, 9.17) is 0 Å². The van der Waals surface area contributed by atoms with Crippen molar-refractivity contribution in [1.29, 1.82) is 0 Å². The lowest BCUT2D eigenvalue weighted by molar-refractivity contribution is -0.116. The monoisotopic (exact) mass is 352 g/mol. The van der Waals surface area contributed by atoms with E-state index in [2.05, 4.69) is 5.32 Å². The number of amides is 1. The molecule has 134 valence electrons. The predicted molar refractivity (Wildman–Crippen MR) is 96.3 cm³/mol. The molecule has 1 saturated heterocycles. The predicted octanol–water partition coefficient (Wildman–Crippen LogP) is 3.62. The summed E-state index contributed by atoms with van der Waals surface area (Å²) in [5, 5.41) is 2.80. The molecule has 24 heavy (non-hydrogen) atoms. The molecule has 0 bridgehead atoms. The van der Waals surface area contributed by atoms with Gasteiger partial charge in [0.05, 0.1) is 4.90 Å². The van der Waals surface area contributed by atoms with E-state index in [0.717, 1.165) is 19.3 Å². The van der Waals surface area contributed by atoms with Gasteiger partial charge in [0.2, 0.25) is 15.9 Å². The fourth-order valence-corrected chi connectivity index (χ4v) is 5.17. The van der Waals surface area contributed by atoms with Gasteiger partial charge in [0.1, 0.15) is 0 Å². The number of rotatable bonds is 5. The first-order valence-corrected chi connectivity index (χ1v) is 10.1. The zero-order chi connectivity index (χ0) is 17.9. The van der Waals surface area contributed by atoms with Gasteiger partial charge in [-0.15, -0.1) is 0 Å². The van der Waals surface area contributed by atoms with E-state index in [1.807, 2.05) is 27.7 Å². The SMILES string of the molecule is CC(C)CC(=O)Nc1ccc(S(=O)(=O)N2[C@H](C)CCC[C@@H]2C)cc1. The minimum Gasteiger partial charge on any atom is -0.326 e. The highest BCUT2D eigenvalue weighted by Crippen LogP contribution is 2.29. The summed E-state index contributed by atoms with van der Waals surface area (Å²) in [6, 6.07) is 6.51. The first-order chi connectivity index (χ1) is 11.2. The molecular weight excluding hydrogens is 324 g/mol. The molecule has 0 spiro atoms. The van der Waals surface area contributed by atoms with E-state index in [9.17, 15) is 13.2 Å². The van der Waals surface area contributed by atoms with Crippen molar-refractivity contribution in [2.24, 2.45) is 5.92 Å². The molecule has 0 radical (unpaired) electrons. The van der Waals surface area contributed by atoms with Gasteiger partial charge in [0, 0.05) is 24.2 Å². The van der Waals surface area contributed by atoms with E-state index < -0.39 is 10.0 Å². The van der Waals surface area contributed by atoms with Crippen LogP contribution in [0.25, 0.3) is 0 Å². The second-order valence-corrected chi connectivity index (χ2v) is 8.98. The van der Waals surface area contributed by atoms with Gasteiger partial charge in [-0.25, -0.2) is 8.42 Å². The van der Waals surface area contributed by atoms with Gasteiger partial charge < -0.3 is 5.32 Å². The van der Waals surface area contributed by atoms with Crippen LogP contribution in [0.2, 0.25) is 0 Å². The quantitative estimate of drug-likeness (QED) is 0.880. The van der Waals surface area contributed by atoms with Crippen molar-refractivity contribution in [1.82, 2.24) is 4.31 Å². The van der Waals surface area contributed by atoms with Gasteiger partial charge in [-0.3, -0.25) is 4.79 Å². The Morgan fingerprint density at radius 2 is 1.71 bits per heavy atom. The normalized spacial score (nSPS) is 22.5. The number of nitrogens with zero attached hydrogens (tertiary/aromatic N) is 1. The highest BCUT2D eigenvalue weighted by atomic mass is 32.2. The van der Waals surface area contributed by atoms with Crippen molar-refractivity contribution in [3.63, 3.8) is 0 Å². The molecule has 2 atom stereocenters. The van der Waals surface area contributed by atoms with E-state index in [-0.39, 0.29) is 28.8 Å². The number of anilines is 1. The third-order valence-corrected chi connectivity index (χ3v) is 6.56. The molecule has 5 nitrogen and oxygen atoms in total. The average molecular weight is 353 g/mol. The van der Waals surface area contributed by atoms with Crippen molar-refractivity contribution in [3.05, 3.63) is 24.3 Å². The maximum atomic E-state index is 12.9. The summed E-state index contributed by atoms with van der Waals surface area (Å²) in [6.07, 6.45) is 3.30. The fourth-order valence-electron chi connectivity index (χ4n) is 3.29. The van der Waals surface area contributed by atoms with Gasteiger partial charge in [0.25, 0.3) is 0 Å². The molecule has 1 amide bonds. The van der Waals surface area contributed by atoms with E-state index in [1.165, 1.54) is 0 Å². The Bertz CT molecular complexity index is 658. The van der Waals surface area contributed by atoms with Gasteiger partial charge >= 0.3 is 0 Å². The molecular formula is C18H28N2O3S. The van der Waals surface area contributed by atoms with Crippen LogP contribution in [-0.2, 0) is 14.8 Å². The maximum Gasteiger partial charge on any atom is 0.243 e. The standard InChI is InChI=1S/C18H28N2O3S/c1-13(2)12-18(21)19-16-8-10-17(11-9-16)24(22,23)20-14(3)6-5-7-15(20)4/h8-11,13-15H,5-7,12H2,1-4H3,(H,19,21)/t14-,15+. The molecule has 6 heteroatoms. The number of carbonyl (C=O) groups is 1. The fraction of sp³-hybridized carbons (Fsp3) is 0.611. The topological polar surface area (TPSA) is 66.5 Å². The van der Waals surface area contributed by atoms with Crippen molar-refractivity contribution >= 4 is 21.6 Å². The highest BCUT2D eigenvalue weighted by molar-refractivity contribution is 7.89. The molecule has 1 fully saturated rings. The Balaban J connectivity index is 2.15. The first-order valence-electron chi connectivity index (χ1n) is 8.65. The number of hydrogen-bond acceptors (Lipinski definition) is 3. The number of benzene rings is 1. The van der Waals surface area contributed by atoms with Crippen LogP contribution in [0.3, 0.4) is 0 Å². The summed E-state index contributed by atoms with van der Waals surface area (Å²) in [5.41, 5.74) is 0.624. The summed E-state index contributed by atoms with van der Waals surface area (Å²) in [5.74, 6) is 0.227. The van der Waals surface area contributed by atoms with Crippen LogP contribution in [-0.4, -0.2) is 30.7 Å². The Hall–Kier alpha value is -1.40. The van der Waals surface area contributed by atoms with Crippen LogP contribution >= 0.6 is 0 Å². The molecule has 1 aromatic carbocycles. The Labute approximate surface area is 145 Å². The van der Waals surface area contributed by atoms with Crippen LogP contribution < -0.4 is 5.32 Å². The van der Waals surface area contributed by atoms with Crippen LogP contribution in [0.15, 0.2) is 29.2 Å². The van der Waals surface area contributed by atoms with Crippen molar-refractivity contribution < 1.29 is 13.2 Å². The Morgan fingerprint density at radius 3 is 2.21 bits per heavy atom. The van der Waals surface area contributed by atoms with Crippen molar-refractivity contribution in [2.45, 2.75) is 70.4 Å². The van der Waals surface area contributed by atoms with Gasteiger partial charge in [-0.1, -0.05) is 20.3 Å². The summed E-state index contributed by atoms with van der Waals surface area (Å²) >= 11 is 0. The Kier molecular flexibility index (Phi) is 6.04. The first kappa shape index (κ1) is 18.9. The zero-order valence-corrected chi connectivity index (χ0v) is 15.8. The smallest absolute Gasteiger partial charge is 0.243 e.